The van der Waals surface area contributed by atoms with Crippen LogP contribution < -0.4 is 5.32 Å². The molecule has 1 aliphatic rings. The van der Waals surface area contributed by atoms with Crippen LogP contribution in [0.5, 0.6) is 0 Å². The van der Waals surface area contributed by atoms with Gasteiger partial charge in [-0.1, -0.05) is 6.07 Å². The molecule has 7 heteroatoms. The second-order valence-electron chi connectivity index (χ2n) is 5.54. The Morgan fingerprint density at radius 3 is 3.04 bits per heavy atom. The van der Waals surface area contributed by atoms with Gasteiger partial charge in [-0.25, -0.2) is 0 Å². The first-order valence-electron chi connectivity index (χ1n) is 7.95. The van der Waals surface area contributed by atoms with Crippen LogP contribution in [0, 0.1) is 0 Å². The van der Waals surface area contributed by atoms with E-state index in [1.54, 1.807) is 17.3 Å². The molecule has 0 aliphatic carbocycles. The minimum atomic E-state index is -0.482. The molecule has 1 aliphatic heterocycles. The predicted octanol–water partition coefficient (Wildman–Crippen LogP) is -0.387. The van der Waals surface area contributed by atoms with Gasteiger partial charge in [0, 0.05) is 45.1 Å². The normalized spacial score (nSPS) is 18.5. The van der Waals surface area contributed by atoms with Gasteiger partial charge in [-0.15, -0.1) is 0 Å². The largest absolute Gasteiger partial charge is 0.395 e. The lowest BCUT2D eigenvalue weighted by Crippen LogP contribution is -2.56. The maximum atomic E-state index is 12.4. The van der Waals surface area contributed by atoms with Crippen LogP contribution in [0.1, 0.15) is 18.9 Å². The van der Waals surface area contributed by atoms with E-state index in [9.17, 15) is 9.59 Å². The zero-order chi connectivity index (χ0) is 16.7. The quantitative estimate of drug-likeness (QED) is 0.715. The molecule has 1 aromatic heterocycles. The Hall–Kier alpha value is -1.99. The number of likely N-dealkylation sites (N-methyl/N-ethyl adjacent to an activating group) is 1. The minimum absolute atomic E-state index is 0.0736. The lowest BCUT2D eigenvalue weighted by Gasteiger charge is -2.35. The highest BCUT2D eigenvalue weighted by molar-refractivity contribution is 5.88. The number of carbonyl (C=O) groups excluding carboxylic acids is 2. The van der Waals surface area contributed by atoms with Crippen LogP contribution in [0.15, 0.2) is 24.5 Å². The van der Waals surface area contributed by atoms with E-state index in [2.05, 4.69) is 10.3 Å². The third kappa shape index (κ3) is 4.74. The molecule has 1 unspecified atom stereocenters. The summed E-state index contributed by atoms with van der Waals surface area (Å²) < 4.78 is 0. The van der Waals surface area contributed by atoms with Crippen LogP contribution in [0.25, 0.3) is 0 Å². The first kappa shape index (κ1) is 17.4. The van der Waals surface area contributed by atoms with Crippen LogP contribution in [0.2, 0.25) is 0 Å². The zero-order valence-corrected chi connectivity index (χ0v) is 13.4. The van der Waals surface area contributed by atoms with Crippen molar-refractivity contribution in [1.29, 1.82) is 0 Å². The molecule has 0 saturated carbocycles. The van der Waals surface area contributed by atoms with E-state index < -0.39 is 6.04 Å². The molecule has 0 bridgehead atoms. The van der Waals surface area contributed by atoms with Gasteiger partial charge in [-0.2, -0.15) is 0 Å². The number of piperazine rings is 1. The van der Waals surface area contributed by atoms with E-state index in [0.29, 0.717) is 32.7 Å². The van der Waals surface area contributed by atoms with Gasteiger partial charge in [0.05, 0.1) is 19.1 Å². The van der Waals surface area contributed by atoms with Gasteiger partial charge in [-0.3, -0.25) is 19.5 Å². The fraction of sp³-hybridized carbons (Fsp3) is 0.562. The van der Waals surface area contributed by atoms with Crippen molar-refractivity contribution in [2.75, 3.05) is 32.8 Å². The van der Waals surface area contributed by atoms with Gasteiger partial charge in [0.15, 0.2) is 0 Å². The Kier molecular flexibility index (Phi) is 6.49. The Bertz CT molecular complexity index is 523. The zero-order valence-electron chi connectivity index (χ0n) is 13.4. The van der Waals surface area contributed by atoms with E-state index in [0.717, 1.165) is 5.56 Å². The van der Waals surface area contributed by atoms with Crippen molar-refractivity contribution < 1.29 is 14.7 Å². The second kappa shape index (κ2) is 8.59. The summed E-state index contributed by atoms with van der Waals surface area (Å²) in [4.78, 5) is 32.3. The standard InChI is InChI=1S/C16H24N4O3/c1-2-19(8-9-21)15(22)10-14-16(23)18-6-7-20(14)12-13-4-3-5-17-11-13/h3-5,11,14,21H,2,6-10,12H2,1H3,(H,18,23). The van der Waals surface area contributed by atoms with Crippen molar-refractivity contribution in [3.05, 3.63) is 30.1 Å². The topological polar surface area (TPSA) is 85.8 Å². The highest BCUT2D eigenvalue weighted by Gasteiger charge is 2.32. The van der Waals surface area contributed by atoms with Crippen molar-refractivity contribution in [3.8, 4) is 0 Å². The summed E-state index contributed by atoms with van der Waals surface area (Å²) in [6.45, 7) is 4.48. The van der Waals surface area contributed by atoms with E-state index in [-0.39, 0.29) is 24.8 Å². The minimum Gasteiger partial charge on any atom is -0.395 e. The Labute approximate surface area is 136 Å². The van der Waals surface area contributed by atoms with Crippen molar-refractivity contribution in [2.45, 2.75) is 25.9 Å². The monoisotopic (exact) mass is 320 g/mol. The fourth-order valence-corrected chi connectivity index (χ4v) is 2.77. The molecule has 2 amide bonds. The summed E-state index contributed by atoms with van der Waals surface area (Å²) in [7, 11) is 0. The number of hydrogen-bond donors (Lipinski definition) is 2. The average Bonchev–Trinajstić information content (AvgIpc) is 2.56. The molecule has 2 N–H and O–H groups in total. The number of hydrogen-bond acceptors (Lipinski definition) is 5. The molecule has 1 fully saturated rings. The molecular weight excluding hydrogens is 296 g/mol. The van der Waals surface area contributed by atoms with Gasteiger partial charge in [0.25, 0.3) is 0 Å². The Morgan fingerprint density at radius 2 is 2.39 bits per heavy atom. The molecule has 126 valence electrons. The summed E-state index contributed by atoms with van der Waals surface area (Å²) in [6.07, 6.45) is 3.61. The molecule has 1 atom stereocenters. The van der Waals surface area contributed by atoms with Crippen molar-refractivity contribution in [2.24, 2.45) is 0 Å². The number of aromatic nitrogens is 1. The van der Waals surface area contributed by atoms with Gasteiger partial charge >= 0.3 is 0 Å². The summed E-state index contributed by atoms with van der Waals surface area (Å²) in [5.41, 5.74) is 1.02. The number of carbonyl (C=O) groups is 2. The maximum Gasteiger partial charge on any atom is 0.237 e. The SMILES string of the molecule is CCN(CCO)C(=O)CC1C(=O)NCCN1Cc1cccnc1. The smallest absolute Gasteiger partial charge is 0.237 e. The third-order valence-corrected chi connectivity index (χ3v) is 4.02. The number of amides is 2. The second-order valence-corrected chi connectivity index (χ2v) is 5.54. The van der Waals surface area contributed by atoms with Gasteiger partial charge in [0.2, 0.25) is 11.8 Å². The van der Waals surface area contributed by atoms with Crippen molar-refractivity contribution in [3.63, 3.8) is 0 Å². The van der Waals surface area contributed by atoms with Gasteiger partial charge in [0.1, 0.15) is 0 Å². The average molecular weight is 320 g/mol. The van der Waals surface area contributed by atoms with Crippen LogP contribution in [-0.4, -0.2) is 70.5 Å². The third-order valence-electron chi connectivity index (χ3n) is 4.02. The highest BCUT2D eigenvalue weighted by Crippen LogP contribution is 2.14. The Morgan fingerprint density at radius 1 is 1.57 bits per heavy atom. The molecule has 0 spiro atoms. The van der Waals surface area contributed by atoms with Crippen LogP contribution in [-0.2, 0) is 16.1 Å². The first-order chi connectivity index (χ1) is 11.2. The molecule has 2 rings (SSSR count). The molecule has 23 heavy (non-hydrogen) atoms. The summed E-state index contributed by atoms with van der Waals surface area (Å²) >= 11 is 0. The van der Waals surface area contributed by atoms with Gasteiger partial charge < -0.3 is 15.3 Å². The maximum absolute atomic E-state index is 12.4. The lowest BCUT2D eigenvalue weighted by molar-refractivity contribution is -0.139. The number of aliphatic hydroxyl groups is 1. The summed E-state index contributed by atoms with van der Waals surface area (Å²) in [5, 5.41) is 11.9. The number of nitrogens with zero attached hydrogens (tertiary/aromatic N) is 3. The number of nitrogens with one attached hydrogen (secondary N) is 1. The highest BCUT2D eigenvalue weighted by atomic mass is 16.3. The molecule has 1 aromatic rings. The molecule has 0 radical (unpaired) electrons. The Balaban J connectivity index is 2.05. The molecule has 0 aromatic carbocycles. The van der Waals surface area contributed by atoms with E-state index >= 15 is 0 Å². The van der Waals surface area contributed by atoms with Crippen molar-refractivity contribution >= 4 is 11.8 Å². The molecule has 2 heterocycles. The van der Waals surface area contributed by atoms with E-state index in [1.807, 2.05) is 24.0 Å². The summed E-state index contributed by atoms with van der Waals surface area (Å²) in [6, 6.07) is 3.34. The number of rotatable bonds is 7. The van der Waals surface area contributed by atoms with Crippen molar-refractivity contribution in [1.82, 2.24) is 20.1 Å². The fourth-order valence-electron chi connectivity index (χ4n) is 2.77. The van der Waals surface area contributed by atoms with E-state index in [4.69, 9.17) is 5.11 Å². The summed E-state index contributed by atoms with van der Waals surface area (Å²) in [5.74, 6) is -0.228. The molecular formula is C16H24N4O3. The number of aliphatic hydroxyl groups excluding tert-OH is 1. The van der Waals surface area contributed by atoms with Crippen LogP contribution in [0.4, 0.5) is 0 Å². The van der Waals surface area contributed by atoms with Crippen LogP contribution in [0.3, 0.4) is 0 Å². The first-order valence-corrected chi connectivity index (χ1v) is 7.95. The van der Waals surface area contributed by atoms with Crippen LogP contribution >= 0.6 is 0 Å². The molecule has 1 saturated heterocycles. The van der Waals surface area contributed by atoms with Gasteiger partial charge in [-0.05, 0) is 18.6 Å². The molecule has 7 nitrogen and oxygen atoms in total. The van der Waals surface area contributed by atoms with E-state index in [1.165, 1.54) is 0 Å². The predicted molar refractivity (Wildman–Crippen MR) is 85.4 cm³/mol. The number of pyridine rings is 1. The lowest BCUT2D eigenvalue weighted by atomic mass is 10.1.